The molecule has 0 spiro atoms. The highest BCUT2D eigenvalue weighted by Crippen LogP contribution is 2.23. The second-order valence-electron chi connectivity index (χ2n) is 7.31. The summed E-state index contributed by atoms with van der Waals surface area (Å²) in [6.45, 7) is 11.2. The summed E-state index contributed by atoms with van der Waals surface area (Å²) in [6, 6.07) is 0.147. The van der Waals surface area contributed by atoms with Gasteiger partial charge in [0, 0.05) is 26.2 Å². The highest BCUT2D eigenvalue weighted by atomic mass is 127. The molecule has 26 heavy (non-hydrogen) atoms. The summed E-state index contributed by atoms with van der Waals surface area (Å²) in [5.74, 6) is 3.68. The molecule has 3 N–H and O–H groups in total. The van der Waals surface area contributed by atoms with Gasteiger partial charge < -0.3 is 15.7 Å². The maximum absolute atomic E-state index is 9.29. The quantitative estimate of drug-likeness (QED) is 0.304. The van der Waals surface area contributed by atoms with Gasteiger partial charge in [0.25, 0.3) is 0 Å². The van der Waals surface area contributed by atoms with Crippen molar-refractivity contribution >= 4 is 29.9 Å². The van der Waals surface area contributed by atoms with E-state index in [1.807, 2.05) is 11.6 Å². The third-order valence-electron chi connectivity index (χ3n) is 4.49. The molecule has 7 nitrogen and oxygen atoms in total. The average molecular weight is 478 g/mol. The van der Waals surface area contributed by atoms with Crippen molar-refractivity contribution in [2.45, 2.75) is 66.0 Å². The summed E-state index contributed by atoms with van der Waals surface area (Å²) >= 11 is 0. The average Bonchev–Trinajstić information content (AvgIpc) is 2.93. The number of aryl methyl sites for hydroxylation is 2. The largest absolute Gasteiger partial charge is 0.396 e. The number of halogens is 1. The molecule has 0 radical (unpaired) electrons. The number of aliphatic hydroxyl groups is 1. The number of fused-ring (bicyclic) bond motifs is 1. The van der Waals surface area contributed by atoms with Crippen LogP contribution >= 0.6 is 24.0 Å². The van der Waals surface area contributed by atoms with Gasteiger partial charge in [0.2, 0.25) is 0 Å². The van der Waals surface area contributed by atoms with Crippen LogP contribution in [0.5, 0.6) is 0 Å². The first-order chi connectivity index (χ1) is 12.0. The van der Waals surface area contributed by atoms with E-state index in [0.29, 0.717) is 11.8 Å². The molecule has 8 heteroatoms. The van der Waals surface area contributed by atoms with Gasteiger partial charge in [-0.05, 0) is 51.4 Å². The molecule has 0 amide bonds. The number of guanidine groups is 1. The third kappa shape index (κ3) is 7.02. The van der Waals surface area contributed by atoms with Gasteiger partial charge in [0.15, 0.2) is 5.96 Å². The summed E-state index contributed by atoms with van der Waals surface area (Å²) in [5.41, 5.74) is 0. The molecule has 150 valence electrons. The number of nitrogens with zero attached hydrogens (tertiary/aromatic N) is 4. The number of hydrogen-bond donors (Lipinski definition) is 3. The standard InChI is InChI=1S/C18H34N6O.HI/c1-5-19-18(20-12-15(8-10-25)11-13(2)3)22-16-7-6-9-24-17(16)21-14(4)23-24;/h13,15-16,25H,5-12H2,1-4H3,(H2,19,20,22);1H. The van der Waals surface area contributed by atoms with E-state index in [2.05, 4.69) is 41.5 Å². The van der Waals surface area contributed by atoms with Gasteiger partial charge in [0.1, 0.15) is 11.6 Å². The lowest BCUT2D eigenvalue weighted by Gasteiger charge is -2.25. The van der Waals surface area contributed by atoms with E-state index in [0.717, 1.165) is 62.9 Å². The van der Waals surface area contributed by atoms with Crippen molar-refractivity contribution in [1.29, 1.82) is 0 Å². The van der Waals surface area contributed by atoms with Gasteiger partial charge in [-0.1, -0.05) is 13.8 Å². The van der Waals surface area contributed by atoms with Crippen molar-refractivity contribution in [2.75, 3.05) is 19.7 Å². The van der Waals surface area contributed by atoms with E-state index in [1.165, 1.54) is 0 Å². The fourth-order valence-corrected chi connectivity index (χ4v) is 3.44. The number of aliphatic hydroxyl groups excluding tert-OH is 1. The van der Waals surface area contributed by atoms with Crippen molar-refractivity contribution in [3.8, 4) is 0 Å². The predicted molar refractivity (Wildman–Crippen MR) is 116 cm³/mol. The maximum atomic E-state index is 9.29. The summed E-state index contributed by atoms with van der Waals surface area (Å²) in [4.78, 5) is 9.37. The van der Waals surface area contributed by atoms with E-state index in [9.17, 15) is 5.11 Å². The lowest BCUT2D eigenvalue weighted by Crippen LogP contribution is -2.41. The lowest BCUT2D eigenvalue weighted by molar-refractivity contribution is 0.245. The summed E-state index contributed by atoms with van der Waals surface area (Å²) in [5, 5.41) is 20.6. The number of nitrogens with one attached hydrogen (secondary N) is 2. The lowest BCUT2D eigenvalue weighted by atomic mass is 9.94. The van der Waals surface area contributed by atoms with Crippen LogP contribution in [0, 0.1) is 18.8 Å². The van der Waals surface area contributed by atoms with E-state index in [-0.39, 0.29) is 36.6 Å². The second kappa shape index (κ2) is 11.7. The second-order valence-corrected chi connectivity index (χ2v) is 7.31. The first-order valence-electron chi connectivity index (χ1n) is 9.60. The molecule has 2 rings (SSSR count). The minimum Gasteiger partial charge on any atom is -0.396 e. The fourth-order valence-electron chi connectivity index (χ4n) is 3.44. The molecular formula is C18H35IN6O. The van der Waals surface area contributed by atoms with Gasteiger partial charge in [-0.25, -0.2) is 9.67 Å². The van der Waals surface area contributed by atoms with E-state index in [4.69, 9.17) is 4.99 Å². The normalized spacial score (nSPS) is 18.2. The smallest absolute Gasteiger partial charge is 0.191 e. The van der Waals surface area contributed by atoms with Gasteiger partial charge in [-0.2, -0.15) is 5.10 Å². The Morgan fingerprint density at radius 3 is 2.85 bits per heavy atom. The molecule has 2 heterocycles. The third-order valence-corrected chi connectivity index (χ3v) is 4.49. The zero-order valence-electron chi connectivity index (χ0n) is 16.5. The number of rotatable bonds is 8. The first-order valence-corrected chi connectivity index (χ1v) is 9.60. The highest BCUT2D eigenvalue weighted by molar-refractivity contribution is 14.0. The Morgan fingerprint density at radius 2 is 2.19 bits per heavy atom. The monoisotopic (exact) mass is 478 g/mol. The van der Waals surface area contributed by atoms with Crippen molar-refractivity contribution in [2.24, 2.45) is 16.8 Å². The van der Waals surface area contributed by atoms with Crippen molar-refractivity contribution in [3.63, 3.8) is 0 Å². The number of aromatic nitrogens is 3. The summed E-state index contributed by atoms with van der Waals surface area (Å²) in [7, 11) is 0. The van der Waals surface area contributed by atoms with Crippen LogP contribution in [-0.4, -0.2) is 45.5 Å². The fraction of sp³-hybridized carbons (Fsp3) is 0.833. The van der Waals surface area contributed by atoms with Crippen LogP contribution in [0.1, 0.15) is 64.1 Å². The summed E-state index contributed by atoms with van der Waals surface area (Å²) in [6.07, 6.45) is 4.01. The van der Waals surface area contributed by atoms with Gasteiger partial charge >= 0.3 is 0 Å². The molecular weight excluding hydrogens is 443 g/mol. The Balaban J connectivity index is 0.00000338. The Morgan fingerprint density at radius 1 is 1.42 bits per heavy atom. The Bertz CT molecular complexity index is 560. The zero-order valence-corrected chi connectivity index (χ0v) is 18.9. The zero-order chi connectivity index (χ0) is 18.2. The molecule has 0 saturated heterocycles. The molecule has 2 atom stereocenters. The SMILES string of the molecule is CCNC(=NCC(CCO)CC(C)C)NC1CCCn2nc(C)nc21.I. The molecule has 1 aliphatic heterocycles. The molecule has 0 aliphatic carbocycles. The molecule has 1 aliphatic rings. The Hall–Kier alpha value is -0.900. The Labute approximate surface area is 174 Å². The molecule has 1 aromatic rings. The topological polar surface area (TPSA) is 87.4 Å². The molecule has 0 bridgehead atoms. The minimum absolute atomic E-state index is 0. The van der Waals surface area contributed by atoms with E-state index in [1.54, 1.807) is 0 Å². The molecule has 1 aromatic heterocycles. The van der Waals surface area contributed by atoms with Crippen LogP contribution in [0.4, 0.5) is 0 Å². The van der Waals surface area contributed by atoms with Crippen molar-refractivity contribution < 1.29 is 5.11 Å². The van der Waals surface area contributed by atoms with Crippen LogP contribution in [0.3, 0.4) is 0 Å². The minimum atomic E-state index is 0. The van der Waals surface area contributed by atoms with Gasteiger partial charge in [-0.15, -0.1) is 24.0 Å². The van der Waals surface area contributed by atoms with Gasteiger partial charge in [0.05, 0.1) is 6.04 Å². The molecule has 0 fully saturated rings. The maximum Gasteiger partial charge on any atom is 0.191 e. The number of hydrogen-bond acceptors (Lipinski definition) is 4. The van der Waals surface area contributed by atoms with Crippen molar-refractivity contribution in [1.82, 2.24) is 25.4 Å². The highest BCUT2D eigenvalue weighted by Gasteiger charge is 2.24. The molecule has 2 unspecified atom stereocenters. The first kappa shape index (κ1) is 23.1. The molecule has 0 saturated carbocycles. The van der Waals surface area contributed by atoms with Crippen LogP contribution in [0.25, 0.3) is 0 Å². The van der Waals surface area contributed by atoms with Crippen LogP contribution in [0.15, 0.2) is 4.99 Å². The Kier molecular flexibility index (Phi) is 10.4. The van der Waals surface area contributed by atoms with Crippen LogP contribution < -0.4 is 10.6 Å². The van der Waals surface area contributed by atoms with Crippen molar-refractivity contribution in [3.05, 3.63) is 11.6 Å². The van der Waals surface area contributed by atoms with Gasteiger partial charge in [-0.3, -0.25) is 4.99 Å². The number of aliphatic imine (C=N–C) groups is 1. The predicted octanol–water partition coefficient (Wildman–Crippen LogP) is 2.64. The van der Waals surface area contributed by atoms with Crippen LogP contribution in [0.2, 0.25) is 0 Å². The van der Waals surface area contributed by atoms with E-state index >= 15 is 0 Å². The summed E-state index contributed by atoms with van der Waals surface area (Å²) < 4.78 is 2.01. The van der Waals surface area contributed by atoms with Crippen LogP contribution in [-0.2, 0) is 6.54 Å². The molecule has 0 aromatic carbocycles. The van der Waals surface area contributed by atoms with E-state index < -0.39 is 0 Å².